The number of hydrogen-bond acceptors (Lipinski definition) is 3. The van der Waals surface area contributed by atoms with E-state index < -0.39 is 0 Å². The van der Waals surface area contributed by atoms with Crippen LogP contribution in [0.25, 0.3) is 0 Å². The smallest absolute Gasteiger partial charge is 0.225 e. The van der Waals surface area contributed by atoms with Crippen LogP contribution in [0.15, 0.2) is 0 Å². The molecule has 1 atom stereocenters. The maximum absolute atomic E-state index is 5.91. The maximum atomic E-state index is 5.91. The van der Waals surface area contributed by atoms with Gasteiger partial charge in [-0.15, -0.1) is 10.2 Å². The highest BCUT2D eigenvalue weighted by Crippen LogP contribution is 2.25. The monoisotopic (exact) mass is 217 g/mol. The lowest BCUT2D eigenvalue weighted by atomic mass is 10.1. The van der Waals surface area contributed by atoms with Crippen LogP contribution in [-0.2, 0) is 6.54 Å². The van der Waals surface area contributed by atoms with Gasteiger partial charge in [-0.25, -0.2) is 0 Å². The average molecular weight is 218 g/mol. The van der Waals surface area contributed by atoms with E-state index in [4.69, 9.17) is 11.6 Å². The van der Waals surface area contributed by atoms with E-state index in [9.17, 15) is 0 Å². The Balaban J connectivity index is 2.07. The normalized spacial score (nSPS) is 22.5. The average Bonchev–Trinajstić information content (AvgIpc) is 2.70. The molecule has 1 aromatic heterocycles. The van der Waals surface area contributed by atoms with Gasteiger partial charge in [0.1, 0.15) is 5.82 Å². The van der Waals surface area contributed by atoms with E-state index in [1.54, 1.807) is 0 Å². The summed E-state index contributed by atoms with van der Waals surface area (Å²) in [6, 6.07) is 0. The first kappa shape index (κ1) is 9.34. The summed E-state index contributed by atoms with van der Waals surface area (Å²) < 4.78 is 2.00. The maximum Gasteiger partial charge on any atom is 0.225 e. The largest absolute Gasteiger partial charge is 0.302 e. The Kier molecular flexibility index (Phi) is 2.79. The van der Waals surface area contributed by atoms with Gasteiger partial charge in [0.05, 0.1) is 0 Å². The van der Waals surface area contributed by atoms with E-state index in [0.717, 1.165) is 18.3 Å². The van der Waals surface area contributed by atoms with Crippen LogP contribution in [0.3, 0.4) is 0 Å². The van der Waals surface area contributed by atoms with E-state index in [-0.39, 0.29) is 0 Å². The lowest BCUT2D eigenvalue weighted by molar-refractivity contribution is 0.485. The van der Waals surface area contributed by atoms with Crippen LogP contribution in [0.5, 0.6) is 0 Å². The minimum absolute atomic E-state index is 0.523. The van der Waals surface area contributed by atoms with Crippen molar-refractivity contribution in [2.75, 3.05) is 11.5 Å². The van der Waals surface area contributed by atoms with Gasteiger partial charge in [-0.05, 0) is 42.4 Å². The SMILES string of the molecule is Cc1nnc(Cl)n1CC1CCSC1. The van der Waals surface area contributed by atoms with Crippen molar-refractivity contribution in [3.8, 4) is 0 Å². The summed E-state index contributed by atoms with van der Waals surface area (Å²) >= 11 is 7.92. The van der Waals surface area contributed by atoms with Crippen LogP contribution >= 0.6 is 23.4 Å². The Labute approximate surface area is 86.9 Å². The van der Waals surface area contributed by atoms with Crippen LogP contribution in [0.1, 0.15) is 12.2 Å². The van der Waals surface area contributed by atoms with Gasteiger partial charge in [0, 0.05) is 6.54 Å². The third-order valence-electron chi connectivity index (χ3n) is 2.36. The van der Waals surface area contributed by atoms with E-state index >= 15 is 0 Å². The molecule has 3 nitrogen and oxygen atoms in total. The van der Waals surface area contributed by atoms with Crippen molar-refractivity contribution in [2.45, 2.75) is 19.9 Å². The summed E-state index contributed by atoms with van der Waals surface area (Å²) in [6.45, 7) is 2.92. The van der Waals surface area contributed by atoms with Crippen LogP contribution in [0, 0.1) is 12.8 Å². The fourth-order valence-corrected chi connectivity index (χ4v) is 3.05. The molecule has 1 aliphatic heterocycles. The van der Waals surface area contributed by atoms with Gasteiger partial charge in [-0.1, -0.05) is 0 Å². The van der Waals surface area contributed by atoms with Crippen molar-refractivity contribution in [1.29, 1.82) is 0 Å². The lowest BCUT2D eigenvalue weighted by Gasteiger charge is -2.10. The molecule has 0 bridgehead atoms. The van der Waals surface area contributed by atoms with Crippen molar-refractivity contribution in [1.82, 2.24) is 14.8 Å². The van der Waals surface area contributed by atoms with Crippen molar-refractivity contribution >= 4 is 23.4 Å². The molecule has 13 heavy (non-hydrogen) atoms. The van der Waals surface area contributed by atoms with E-state index in [1.807, 2.05) is 23.3 Å². The molecular formula is C8H12ClN3S. The van der Waals surface area contributed by atoms with Gasteiger partial charge in [-0.2, -0.15) is 11.8 Å². The Bertz CT molecular complexity index is 274. The Morgan fingerprint density at radius 1 is 1.62 bits per heavy atom. The molecule has 72 valence electrons. The third kappa shape index (κ3) is 1.99. The zero-order valence-electron chi connectivity index (χ0n) is 7.53. The quantitative estimate of drug-likeness (QED) is 0.759. The molecule has 1 aliphatic rings. The molecule has 1 aromatic rings. The number of thioether (sulfide) groups is 1. The first-order valence-corrected chi connectivity index (χ1v) is 5.93. The zero-order chi connectivity index (χ0) is 9.26. The van der Waals surface area contributed by atoms with Gasteiger partial charge < -0.3 is 4.57 Å². The zero-order valence-corrected chi connectivity index (χ0v) is 9.11. The van der Waals surface area contributed by atoms with Gasteiger partial charge in [0.15, 0.2) is 0 Å². The number of aryl methyl sites for hydroxylation is 1. The molecule has 2 rings (SSSR count). The van der Waals surface area contributed by atoms with Crippen LogP contribution < -0.4 is 0 Å². The minimum atomic E-state index is 0.523. The lowest BCUT2D eigenvalue weighted by Crippen LogP contribution is -2.11. The van der Waals surface area contributed by atoms with Gasteiger partial charge in [0.2, 0.25) is 5.28 Å². The van der Waals surface area contributed by atoms with E-state index in [1.165, 1.54) is 17.9 Å². The molecule has 0 aromatic carbocycles. The summed E-state index contributed by atoms with van der Waals surface area (Å²) in [5.41, 5.74) is 0. The Hall–Kier alpha value is -0.220. The Morgan fingerprint density at radius 2 is 2.46 bits per heavy atom. The van der Waals surface area contributed by atoms with Crippen LogP contribution in [0.2, 0.25) is 5.28 Å². The van der Waals surface area contributed by atoms with Gasteiger partial charge in [0.25, 0.3) is 0 Å². The minimum Gasteiger partial charge on any atom is -0.302 e. The summed E-state index contributed by atoms with van der Waals surface area (Å²) in [4.78, 5) is 0. The molecule has 1 saturated heterocycles. The van der Waals surface area contributed by atoms with Gasteiger partial charge in [-0.3, -0.25) is 0 Å². The second-order valence-corrected chi connectivity index (χ2v) is 4.84. The molecular weight excluding hydrogens is 206 g/mol. The second-order valence-electron chi connectivity index (χ2n) is 3.36. The van der Waals surface area contributed by atoms with Crippen LogP contribution in [0.4, 0.5) is 0 Å². The highest BCUT2D eigenvalue weighted by atomic mass is 35.5. The topological polar surface area (TPSA) is 30.7 Å². The second kappa shape index (κ2) is 3.88. The summed E-state index contributed by atoms with van der Waals surface area (Å²) in [5.74, 6) is 4.19. The van der Waals surface area contributed by atoms with Crippen molar-refractivity contribution in [3.05, 3.63) is 11.1 Å². The number of aromatic nitrogens is 3. The van der Waals surface area contributed by atoms with Crippen molar-refractivity contribution in [3.63, 3.8) is 0 Å². The van der Waals surface area contributed by atoms with Crippen molar-refractivity contribution in [2.24, 2.45) is 5.92 Å². The molecule has 1 unspecified atom stereocenters. The molecule has 0 spiro atoms. The molecule has 0 radical (unpaired) electrons. The van der Waals surface area contributed by atoms with E-state index in [2.05, 4.69) is 10.2 Å². The summed E-state index contributed by atoms with van der Waals surface area (Å²) in [6.07, 6.45) is 1.29. The predicted molar refractivity (Wildman–Crippen MR) is 55.2 cm³/mol. The predicted octanol–water partition coefficient (Wildman–Crippen LogP) is 1.99. The molecule has 1 fully saturated rings. The molecule has 5 heteroatoms. The molecule has 0 saturated carbocycles. The highest BCUT2D eigenvalue weighted by molar-refractivity contribution is 7.99. The molecule has 2 heterocycles. The van der Waals surface area contributed by atoms with Gasteiger partial charge >= 0.3 is 0 Å². The first-order valence-electron chi connectivity index (χ1n) is 4.40. The summed E-state index contributed by atoms with van der Waals surface area (Å²) in [7, 11) is 0. The fraction of sp³-hybridized carbons (Fsp3) is 0.750. The standard InChI is InChI=1S/C8H12ClN3S/c1-6-10-11-8(9)12(6)4-7-2-3-13-5-7/h7H,2-5H2,1H3. The number of rotatable bonds is 2. The molecule has 0 N–H and O–H groups in total. The first-order chi connectivity index (χ1) is 6.27. The van der Waals surface area contributed by atoms with Crippen molar-refractivity contribution < 1.29 is 0 Å². The van der Waals surface area contributed by atoms with Crippen LogP contribution in [-0.4, -0.2) is 26.3 Å². The number of hydrogen-bond donors (Lipinski definition) is 0. The Morgan fingerprint density at radius 3 is 3.00 bits per heavy atom. The fourth-order valence-electron chi connectivity index (χ4n) is 1.55. The summed E-state index contributed by atoms with van der Waals surface area (Å²) in [5, 5.41) is 8.28. The van der Waals surface area contributed by atoms with E-state index in [0.29, 0.717) is 5.28 Å². The third-order valence-corrected chi connectivity index (χ3v) is 3.87. The number of nitrogens with zero attached hydrogens (tertiary/aromatic N) is 3. The molecule has 0 amide bonds. The highest BCUT2D eigenvalue weighted by Gasteiger charge is 2.18. The number of halogens is 1. The molecule has 0 aliphatic carbocycles.